The number of benzene rings is 2. The standard InChI is InChI=1S/C18H12ClF2N3O/c19-14-2-1-3-15(21)17(14)18(25)22-9-13-8-16(24-10-23-13)11-4-6-12(20)7-5-11/h1-8,10H,9H2,(H,22,25). The summed E-state index contributed by atoms with van der Waals surface area (Å²) in [5.41, 5.74) is 1.61. The van der Waals surface area contributed by atoms with Gasteiger partial charge in [0.15, 0.2) is 0 Å². The number of nitrogens with zero attached hydrogens (tertiary/aromatic N) is 2. The van der Waals surface area contributed by atoms with E-state index in [1.165, 1.54) is 30.6 Å². The van der Waals surface area contributed by atoms with Crippen LogP contribution in [-0.4, -0.2) is 15.9 Å². The number of nitrogens with one attached hydrogen (secondary N) is 1. The van der Waals surface area contributed by atoms with Gasteiger partial charge in [0.2, 0.25) is 0 Å². The number of hydrogen-bond donors (Lipinski definition) is 1. The van der Waals surface area contributed by atoms with Gasteiger partial charge in [-0.3, -0.25) is 4.79 Å². The number of hydrogen-bond acceptors (Lipinski definition) is 3. The molecule has 0 unspecified atom stereocenters. The summed E-state index contributed by atoms with van der Waals surface area (Å²) in [6.07, 6.45) is 1.34. The van der Waals surface area contributed by atoms with Gasteiger partial charge < -0.3 is 5.32 Å². The van der Waals surface area contributed by atoms with Crippen molar-refractivity contribution in [1.82, 2.24) is 15.3 Å². The number of halogens is 3. The van der Waals surface area contributed by atoms with Crippen LogP contribution < -0.4 is 5.32 Å². The first-order valence-electron chi connectivity index (χ1n) is 7.33. The Labute approximate surface area is 147 Å². The Kier molecular flexibility index (Phi) is 5.00. The molecule has 0 aliphatic heterocycles. The van der Waals surface area contributed by atoms with Crippen LogP contribution in [0.25, 0.3) is 11.3 Å². The van der Waals surface area contributed by atoms with Crippen LogP contribution in [0.4, 0.5) is 8.78 Å². The number of amides is 1. The molecule has 0 atom stereocenters. The van der Waals surface area contributed by atoms with Crippen LogP contribution in [-0.2, 0) is 6.54 Å². The smallest absolute Gasteiger partial charge is 0.256 e. The summed E-state index contributed by atoms with van der Waals surface area (Å²) in [4.78, 5) is 20.3. The van der Waals surface area contributed by atoms with Gasteiger partial charge in [0.1, 0.15) is 18.0 Å². The van der Waals surface area contributed by atoms with Crippen molar-refractivity contribution in [2.45, 2.75) is 6.54 Å². The minimum Gasteiger partial charge on any atom is -0.346 e. The maximum absolute atomic E-state index is 13.7. The molecular weight excluding hydrogens is 348 g/mol. The Morgan fingerprint density at radius 2 is 1.84 bits per heavy atom. The lowest BCUT2D eigenvalue weighted by atomic mass is 10.1. The van der Waals surface area contributed by atoms with Crippen LogP contribution in [0.15, 0.2) is 54.9 Å². The molecule has 25 heavy (non-hydrogen) atoms. The Hall–Kier alpha value is -2.86. The molecule has 1 N–H and O–H groups in total. The second kappa shape index (κ2) is 7.36. The second-order valence-corrected chi connectivity index (χ2v) is 5.59. The molecule has 0 bridgehead atoms. The first kappa shape index (κ1) is 17.0. The summed E-state index contributed by atoms with van der Waals surface area (Å²) < 4.78 is 26.7. The quantitative estimate of drug-likeness (QED) is 0.766. The molecule has 0 radical (unpaired) electrons. The van der Waals surface area contributed by atoms with Gasteiger partial charge in [-0.1, -0.05) is 17.7 Å². The van der Waals surface area contributed by atoms with E-state index in [4.69, 9.17) is 11.6 Å². The first-order valence-corrected chi connectivity index (χ1v) is 7.71. The van der Waals surface area contributed by atoms with Crippen LogP contribution in [0.2, 0.25) is 5.02 Å². The molecule has 0 fully saturated rings. The summed E-state index contributed by atoms with van der Waals surface area (Å²) in [5, 5.41) is 2.61. The largest absolute Gasteiger partial charge is 0.346 e. The van der Waals surface area contributed by atoms with E-state index in [0.29, 0.717) is 17.0 Å². The van der Waals surface area contributed by atoms with Crippen LogP contribution in [0.5, 0.6) is 0 Å². The normalized spacial score (nSPS) is 10.5. The summed E-state index contributed by atoms with van der Waals surface area (Å²) in [7, 11) is 0. The maximum Gasteiger partial charge on any atom is 0.256 e. The van der Waals surface area contributed by atoms with Gasteiger partial charge in [-0.05, 0) is 42.5 Å². The highest BCUT2D eigenvalue weighted by Crippen LogP contribution is 2.19. The Morgan fingerprint density at radius 3 is 2.56 bits per heavy atom. The zero-order chi connectivity index (χ0) is 17.8. The van der Waals surface area contributed by atoms with Crippen molar-refractivity contribution in [3.8, 4) is 11.3 Å². The van der Waals surface area contributed by atoms with Crippen molar-refractivity contribution in [3.05, 3.63) is 82.8 Å². The lowest BCUT2D eigenvalue weighted by Crippen LogP contribution is -2.24. The van der Waals surface area contributed by atoms with Crippen molar-refractivity contribution in [3.63, 3.8) is 0 Å². The van der Waals surface area contributed by atoms with Crippen molar-refractivity contribution in [1.29, 1.82) is 0 Å². The summed E-state index contributed by atoms with van der Waals surface area (Å²) in [6.45, 7) is 0.0697. The summed E-state index contributed by atoms with van der Waals surface area (Å²) >= 11 is 5.87. The van der Waals surface area contributed by atoms with E-state index in [1.807, 2.05) is 0 Å². The number of aromatic nitrogens is 2. The fourth-order valence-corrected chi connectivity index (χ4v) is 2.50. The summed E-state index contributed by atoms with van der Waals surface area (Å²) in [5.74, 6) is -1.67. The minimum atomic E-state index is -0.695. The Bertz CT molecular complexity index is 896. The predicted octanol–water partition coefficient (Wildman–Crippen LogP) is 4.01. The molecule has 3 rings (SSSR count). The zero-order valence-electron chi connectivity index (χ0n) is 12.8. The topological polar surface area (TPSA) is 54.9 Å². The lowest BCUT2D eigenvalue weighted by molar-refractivity contribution is 0.0946. The molecule has 0 aliphatic carbocycles. The van der Waals surface area contributed by atoms with Crippen molar-refractivity contribution in [2.75, 3.05) is 0 Å². The van der Waals surface area contributed by atoms with Crippen molar-refractivity contribution >= 4 is 17.5 Å². The molecule has 1 aromatic heterocycles. The molecule has 0 aliphatic rings. The molecule has 3 aromatic rings. The lowest BCUT2D eigenvalue weighted by Gasteiger charge is -2.08. The van der Waals surface area contributed by atoms with Crippen LogP contribution >= 0.6 is 11.6 Å². The van der Waals surface area contributed by atoms with E-state index in [2.05, 4.69) is 15.3 Å². The molecule has 4 nitrogen and oxygen atoms in total. The molecule has 0 saturated heterocycles. The fraction of sp³-hybridized carbons (Fsp3) is 0.0556. The van der Waals surface area contributed by atoms with Gasteiger partial charge >= 0.3 is 0 Å². The minimum absolute atomic E-state index is 0.0344. The van der Waals surface area contributed by atoms with Gasteiger partial charge in [-0.25, -0.2) is 18.7 Å². The highest BCUT2D eigenvalue weighted by Gasteiger charge is 2.15. The molecule has 7 heteroatoms. The summed E-state index contributed by atoms with van der Waals surface area (Å²) in [6, 6.07) is 11.6. The van der Waals surface area contributed by atoms with Crippen molar-refractivity contribution < 1.29 is 13.6 Å². The van der Waals surface area contributed by atoms with Gasteiger partial charge in [0, 0.05) is 5.56 Å². The number of rotatable bonds is 4. The molecule has 1 amide bonds. The molecule has 2 aromatic carbocycles. The molecular formula is C18H12ClF2N3O. The Morgan fingerprint density at radius 1 is 1.08 bits per heavy atom. The molecule has 0 saturated carbocycles. The number of carbonyl (C=O) groups is 1. The van der Waals surface area contributed by atoms with Gasteiger partial charge in [-0.15, -0.1) is 0 Å². The highest BCUT2D eigenvalue weighted by molar-refractivity contribution is 6.33. The number of carbonyl (C=O) groups excluding carboxylic acids is 1. The highest BCUT2D eigenvalue weighted by atomic mass is 35.5. The van der Waals surface area contributed by atoms with Gasteiger partial charge in [-0.2, -0.15) is 0 Å². The zero-order valence-corrected chi connectivity index (χ0v) is 13.6. The van der Waals surface area contributed by atoms with E-state index in [1.54, 1.807) is 18.2 Å². The second-order valence-electron chi connectivity index (χ2n) is 5.18. The van der Waals surface area contributed by atoms with E-state index in [-0.39, 0.29) is 22.9 Å². The van der Waals surface area contributed by atoms with Crippen molar-refractivity contribution in [2.24, 2.45) is 0 Å². The first-order chi connectivity index (χ1) is 12.0. The van der Waals surface area contributed by atoms with E-state index >= 15 is 0 Å². The van der Waals surface area contributed by atoms with E-state index in [9.17, 15) is 13.6 Å². The third-order valence-corrected chi connectivity index (χ3v) is 3.80. The average Bonchev–Trinajstić information content (AvgIpc) is 2.61. The Balaban J connectivity index is 1.75. The van der Waals surface area contributed by atoms with E-state index < -0.39 is 11.7 Å². The average molecular weight is 360 g/mol. The van der Waals surface area contributed by atoms with Gasteiger partial charge in [0.25, 0.3) is 5.91 Å². The third kappa shape index (κ3) is 3.97. The van der Waals surface area contributed by atoms with Crippen LogP contribution in [0.1, 0.15) is 16.1 Å². The SMILES string of the molecule is O=C(NCc1cc(-c2ccc(F)cc2)ncn1)c1c(F)cccc1Cl. The molecule has 1 heterocycles. The van der Waals surface area contributed by atoms with Gasteiger partial charge in [0.05, 0.1) is 28.5 Å². The van der Waals surface area contributed by atoms with Crippen LogP contribution in [0, 0.1) is 11.6 Å². The van der Waals surface area contributed by atoms with E-state index in [0.717, 1.165) is 6.07 Å². The maximum atomic E-state index is 13.7. The monoisotopic (exact) mass is 359 g/mol. The molecule has 126 valence electrons. The third-order valence-electron chi connectivity index (χ3n) is 3.48. The predicted molar refractivity (Wildman–Crippen MR) is 90.0 cm³/mol. The fourth-order valence-electron chi connectivity index (χ4n) is 2.25. The van der Waals surface area contributed by atoms with Crippen LogP contribution in [0.3, 0.4) is 0 Å². The molecule has 0 spiro atoms.